The molecule has 5 heteroatoms. The number of benzene rings is 1. The Kier molecular flexibility index (Phi) is 8.34. The third-order valence-electron chi connectivity index (χ3n) is 11.8. The maximum absolute atomic E-state index is 12.6. The molecule has 0 spiro atoms. The maximum atomic E-state index is 12.6. The van der Waals surface area contributed by atoms with E-state index in [1.807, 2.05) is 18.2 Å². The van der Waals surface area contributed by atoms with Crippen LogP contribution in [0.4, 0.5) is 0 Å². The topological polar surface area (TPSA) is 69.6 Å². The van der Waals surface area contributed by atoms with Gasteiger partial charge in [0.2, 0.25) is 5.91 Å². The second kappa shape index (κ2) is 11.2. The van der Waals surface area contributed by atoms with E-state index in [-0.39, 0.29) is 28.9 Å². The summed E-state index contributed by atoms with van der Waals surface area (Å²) in [5.74, 6) is 4.53. The largest absolute Gasteiger partial charge is 0.393 e. The van der Waals surface area contributed by atoms with Crippen LogP contribution in [0.15, 0.2) is 35.2 Å². The van der Waals surface area contributed by atoms with Gasteiger partial charge in [0, 0.05) is 23.6 Å². The average Bonchev–Trinajstić information content (AvgIpc) is 3.25. The molecule has 3 N–H and O–H groups in total. The summed E-state index contributed by atoms with van der Waals surface area (Å²) in [6.07, 6.45) is 10.0. The summed E-state index contributed by atoms with van der Waals surface area (Å²) < 4.78 is 0. The fourth-order valence-corrected chi connectivity index (χ4v) is 10.5. The molecule has 0 heterocycles. The minimum Gasteiger partial charge on any atom is -0.393 e. The Bertz CT molecular complexity index is 926. The minimum absolute atomic E-state index is 0.0270. The number of hydrogen-bond donors (Lipinski definition) is 3. The molecule has 4 fully saturated rings. The number of carbonyl (C=O) groups is 1. The molecule has 0 radical (unpaired) electrons. The second-order valence-corrected chi connectivity index (χ2v) is 14.6. The van der Waals surface area contributed by atoms with Crippen molar-refractivity contribution in [2.24, 2.45) is 46.3 Å². The Morgan fingerprint density at radius 3 is 2.62 bits per heavy atom. The van der Waals surface area contributed by atoms with Gasteiger partial charge in [0.05, 0.1) is 12.2 Å². The smallest absolute Gasteiger partial charge is 0.220 e. The summed E-state index contributed by atoms with van der Waals surface area (Å²) in [5.41, 5.74) is 0.256. The Morgan fingerprint density at radius 2 is 1.84 bits per heavy atom. The second-order valence-electron chi connectivity index (χ2n) is 13.4. The highest BCUT2D eigenvalue weighted by atomic mass is 32.2. The van der Waals surface area contributed by atoms with Crippen molar-refractivity contribution in [2.45, 2.75) is 102 Å². The van der Waals surface area contributed by atoms with Crippen LogP contribution in [0.1, 0.15) is 85.0 Å². The zero-order valence-electron chi connectivity index (χ0n) is 23.2. The molecule has 0 aliphatic heterocycles. The van der Waals surface area contributed by atoms with E-state index in [0.717, 1.165) is 37.9 Å². The van der Waals surface area contributed by atoms with Crippen molar-refractivity contribution < 1.29 is 15.0 Å². The zero-order chi connectivity index (χ0) is 26.2. The highest BCUT2D eigenvalue weighted by Crippen LogP contribution is 2.68. The van der Waals surface area contributed by atoms with Crippen LogP contribution in [-0.2, 0) is 4.79 Å². The van der Waals surface area contributed by atoms with E-state index in [2.05, 4.69) is 38.2 Å². The molecule has 4 saturated carbocycles. The number of fused-ring (bicyclic) bond motifs is 5. The van der Waals surface area contributed by atoms with Gasteiger partial charge in [-0.15, -0.1) is 11.8 Å². The first-order valence-corrected chi connectivity index (χ1v) is 16.0. The van der Waals surface area contributed by atoms with Gasteiger partial charge >= 0.3 is 0 Å². The van der Waals surface area contributed by atoms with E-state index in [4.69, 9.17) is 0 Å². The van der Waals surface area contributed by atoms with Gasteiger partial charge in [-0.1, -0.05) is 39.0 Å². The molecule has 1 aromatic rings. The molecule has 37 heavy (non-hydrogen) atoms. The monoisotopic (exact) mass is 527 g/mol. The molecule has 1 amide bonds. The summed E-state index contributed by atoms with van der Waals surface area (Å²) in [6, 6.07) is 10.3. The van der Waals surface area contributed by atoms with Crippen LogP contribution < -0.4 is 5.32 Å². The molecule has 5 rings (SSSR count). The van der Waals surface area contributed by atoms with Crippen molar-refractivity contribution in [3.05, 3.63) is 30.3 Å². The van der Waals surface area contributed by atoms with Crippen molar-refractivity contribution in [3.8, 4) is 0 Å². The molecule has 1 aromatic carbocycles. The molecule has 0 bridgehead atoms. The first-order chi connectivity index (χ1) is 17.7. The van der Waals surface area contributed by atoms with Crippen LogP contribution in [-0.4, -0.2) is 40.6 Å². The number of rotatable bonds is 8. The van der Waals surface area contributed by atoms with Crippen molar-refractivity contribution in [2.75, 3.05) is 12.3 Å². The summed E-state index contributed by atoms with van der Waals surface area (Å²) in [4.78, 5) is 13.8. The lowest BCUT2D eigenvalue weighted by Gasteiger charge is -2.62. The normalized spacial score (nSPS) is 41.8. The number of thioether (sulfide) groups is 1. The van der Waals surface area contributed by atoms with Crippen molar-refractivity contribution >= 4 is 17.7 Å². The quantitative estimate of drug-likeness (QED) is 0.274. The van der Waals surface area contributed by atoms with Crippen molar-refractivity contribution in [1.82, 2.24) is 5.32 Å². The number of nitrogens with one attached hydrogen (secondary N) is 1. The molecule has 4 nitrogen and oxygen atoms in total. The van der Waals surface area contributed by atoms with Crippen LogP contribution in [0.5, 0.6) is 0 Å². The molecule has 4 aliphatic rings. The lowest BCUT2D eigenvalue weighted by molar-refractivity contribution is -0.174. The molecule has 0 saturated heterocycles. The number of carbonyl (C=O) groups excluding carboxylic acids is 1. The maximum Gasteiger partial charge on any atom is 0.220 e. The van der Waals surface area contributed by atoms with Crippen molar-refractivity contribution in [3.63, 3.8) is 0 Å². The van der Waals surface area contributed by atoms with Gasteiger partial charge in [-0.05, 0) is 116 Å². The first-order valence-electron chi connectivity index (χ1n) is 15.0. The Morgan fingerprint density at radius 1 is 1.05 bits per heavy atom. The SMILES string of the molecule is C[C@H](CCC(=O)NCCSc1ccccc1)[C@@H]1CC[C@@H]2[C@@H]3CC[C@H]4C[C@H](O)CC[C@]4(C)[C@@H]3C[C@H](O)[C@@]21C. The van der Waals surface area contributed by atoms with E-state index >= 15 is 0 Å². The van der Waals surface area contributed by atoms with Crippen LogP contribution in [0, 0.1) is 46.3 Å². The standard InChI is InChI=1S/C32H49NO3S/c1-21(9-14-30(36)33-17-18-37-24-7-5-4-6-8-24)26-12-13-27-25-11-10-22-19-23(34)15-16-31(22,2)28(25)20-29(35)32(26,27)3/h4-8,21-23,25-29,34-35H,9-20H2,1-3H3,(H,33,36)/t21-,22+,23-,25+,26+,27-,28-,29+,31+,32-/m1/s1. The lowest BCUT2D eigenvalue weighted by Crippen LogP contribution is -2.58. The zero-order valence-corrected chi connectivity index (χ0v) is 24.0. The van der Waals surface area contributed by atoms with Gasteiger partial charge < -0.3 is 15.5 Å². The fraction of sp³-hybridized carbons (Fsp3) is 0.781. The van der Waals surface area contributed by atoms with Crippen LogP contribution in [0.3, 0.4) is 0 Å². The lowest BCUT2D eigenvalue weighted by atomic mass is 9.43. The number of aliphatic hydroxyl groups excluding tert-OH is 2. The highest BCUT2D eigenvalue weighted by molar-refractivity contribution is 7.99. The van der Waals surface area contributed by atoms with Gasteiger partial charge in [-0.25, -0.2) is 0 Å². The minimum atomic E-state index is -0.250. The fourth-order valence-electron chi connectivity index (χ4n) is 9.68. The van der Waals surface area contributed by atoms with Gasteiger partial charge in [0.15, 0.2) is 0 Å². The number of hydrogen-bond acceptors (Lipinski definition) is 4. The summed E-state index contributed by atoms with van der Waals surface area (Å²) >= 11 is 1.78. The number of amides is 1. The average molecular weight is 528 g/mol. The third-order valence-corrected chi connectivity index (χ3v) is 12.8. The molecule has 206 valence electrons. The molecule has 0 aromatic heterocycles. The van der Waals surface area contributed by atoms with E-state index in [1.165, 1.54) is 30.6 Å². The predicted molar refractivity (Wildman–Crippen MR) is 151 cm³/mol. The van der Waals surface area contributed by atoms with E-state index in [0.29, 0.717) is 48.5 Å². The summed E-state index contributed by atoms with van der Waals surface area (Å²) in [7, 11) is 0. The molecule has 0 unspecified atom stereocenters. The van der Waals surface area contributed by atoms with Gasteiger partial charge in [-0.2, -0.15) is 0 Å². The van der Waals surface area contributed by atoms with Crippen LogP contribution in [0.2, 0.25) is 0 Å². The van der Waals surface area contributed by atoms with Crippen LogP contribution in [0.25, 0.3) is 0 Å². The summed E-state index contributed by atoms with van der Waals surface area (Å²) in [5, 5.41) is 25.2. The molecular formula is C32H49NO3S. The van der Waals surface area contributed by atoms with Gasteiger partial charge in [0.1, 0.15) is 0 Å². The Hall–Kier alpha value is -1.04. The molecule has 4 aliphatic carbocycles. The van der Waals surface area contributed by atoms with E-state index in [9.17, 15) is 15.0 Å². The predicted octanol–water partition coefficient (Wildman–Crippen LogP) is 6.30. The summed E-state index contributed by atoms with van der Waals surface area (Å²) in [6.45, 7) is 7.92. The van der Waals surface area contributed by atoms with Crippen molar-refractivity contribution in [1.29, 1.82) is 0 Å². The first kappa shape index (κ1) is 27.5. The van der Waals surface area contributed by atoms with Gasteiger partial charge in [-0.3, -0.25) is 4.79 Å². The highest BCUT2D eigenvalue weighted by Gasteiger charge is 2.63. The third kappa shape index (κ3) is 5.26. The van der Waals surface area contributed by atoms with Crippen LogP contribution >= 0.6 is 11.8 Å². The molecular weight excluding hydrogens is 478 g/mol. The Balaban J connectivity index is 1.15. The van der Waals surface area contributed by atoms with Gasteiger partial charge in [0.25, 0.3) is 0 Å². The Labute approximate surface area is 228 Å². The van der Waals surface area contributed by atoms with E-state index in [1.54, 1.807) is 11.8 Å². The molecule has 10 atom stereocenters. The van der Waals surface area contributed by atoms with E-state index < -0.39 is 0 Å². The number of aliphatic hydroxyl groups is 2.